The first kappa shape index (κ1) is 18.9. The van der Waals surface area contributed by atoms with Gasteiger partial charge in [-0.2, -0.15) is 8.78 Å². The molecule has 2 aromatic carbocycles. The molecule has 2 nitrogen and oxygen atoms in total. The zero-order valence-electron chi connectivity index (χ0n) is 12.5. The third-order valence-corrected chi connectivity index (χ3v) is 4.09. The van der Waals surface area contributed by atoms with Gasteiger partial charge in [0, 0.05) is 14.5 Å². The molecule has 0 aromatic heterocycles. The van der Waals surface area contributed by atoms with Gasteiger partial charge in [-0.15, -0.1) is 0 Å². The number of alkyl halides is 2. The molecule has 0 amide bonds. The van der Waals surface area contributed by atoms with Crippen LogP contribution in [0.5, 0.6) is 0 Å². The standard InChI is InChI=1S/C17H12BrCl2F2NO/c1-10(13-7-15(19)9-16(20)8-13)17(21,22)24-23-11(2)12-3-5-14(18)6-4-12/h3-9H,1H2,2H3/b23-11+. The summed E-state index contributed by atoms with van der Waals surface area (Å²) in [6.07, 6.45) is -3.70. The average molecular weight is 435 g/mol. The summed E-state index contributed by atoms with van der Waals surface area (Å²) in [5, 5.41) is 3.96. The van der Waals surface area contributed by atoms with Crippen LogP contribution >= 0.6 is 39.1 Å². The Hall–Kier alpha value is -1.43. The summed E-state index contributed by atoms with van der Waals surface area (Å²) in [7, 11) is 0. The van der Waals surface area contributed by atoms with Crippen LogP contribution in [0.4, 0.5) is 8.78 Å². The molecule has 0 spiro atoms. The molecule has 0 atom stereocenters. The van der Waals surface area contributed by atoms with E-state index in [9.17, 15) is 8.78 Å². The van der Waals surface area contributed by atoms with Gasteiger partial charge in [-0.25, -0.2) is 0 Å². The third kappa shape index (κ3) is 4.79. The number of rotatable bonds is 5. The molecule has 2 aromatic rings. The Bertz CT molecular complexity index is 771. The first-order valence-corrected chi connectivity index (χ1v) is 8.26. The Kier molecular flexibility index (Phi) is 6.01. The fraction of sp³-hybridized carbons (Fsp3) is 0.118. The zero-order valence-corrected chi connectivity index (χ0v) is 15.6. The predicted molar refractivity (Wildman–Crippen MR) is 97.9 cm³/mol. The van der Waals surface area contributed by atoms with E-state index >= 15 is 0 Å². The smallest absolute Gasteiger partial charge is 0.318 e. The van der Waals surface area contributed by atoms with Crippen molar-refractivity contribution in [3.05, 3.63) is 74.7 Å². The number of halogens is 5. The third-order valence-electron chi connectivity index (χ3n) is 3.12. The Morgan fingerprint density at radius 2 is 1.62 bits per heavy atom. The maximum Gasteiger partial charge on any atom is 0.446 e. The molecule has 0 radical (unpaired) electrons. The lowest BCUT2D eigenvalue weighted by atomic mass is 10.1. The van der Waals surface area contributed by atoms with Gasteiger partial charge in [0.25, 0.3) is 0 Å². The van der Waals surface area contributed by atoms with Gasteiger partial charge in [-0.1, -0.05) is 63.0 Å². The molecule has 0 saturated heterocycles. The van der Waals surface area contributed by atoms with Crippen LogP contribution < -0.4 is 0 Å². The summed E-state index contributed by atoms with van der Waals surface area (Å²) in [5.41, 5.74) is 0.456. The molecular formula is C17H12BrCl2F2NO. The fourth-order valence-corrected chi connectivity index (χ4v) is 2.61. The Morgan fingerprint density at radius 3 is 2.17 bits per heavy atom. The second kappa shape index (κ2) is 7.64. The van der Waals surface area contributed by atoms with Gasteiger partial charge in [-0.3, -0.25) is 0 Å². The van der Waals surface area contributed by atoms with Crippen LogP contribution in [0.2, 0.25) is 10.0 Å². The molecule has 0 fully saturated rings. The van der Waals surface area contributed by atoms with E-state index in [0.29, 0.717) is 11.3 Å². The maximum atomic E-state index is 14.2. The van der Waals surface area contributed by atoms with Gasteiger partial charge >= 0.3 is 6.11 Å². The Balaban J connectivity index is 2.19. The molecule has 0 unspecified atom stereocenters. The van der Waals surface area contributed by atoms with Crippen molar-refractivity contribution >= 4 is 50.4 Å². The Morgan fingerprint density at radius 1 is 1.08 bits per heavy atom. The largest absolute Gasteiger partial charge is 0.446 e. The summed E-state index contributed by atoms with van der Waals surface area (Å²) in [6.45, 7) is 4.94. The SMILES string of the molecule is C=C(c1cc(Cl)cc(Cl)c1)C(F)(F)O/N=C(\C)c1ccc(Br)cc1. The van der Waals surface area contributed by atoms with E-state index < -0.39 is 11.7 Å². The molecule has 126 valence electrons. The molecule has 0 aliphatic heterocycles. The first-order chi connectivity index (χ1) is 11.2. The van der Waals surface area contributed by atoms with Gasteiger partial charge in [0.15, 0.2) is 0 Å². The molecule has 7 heteroatoms. The summed E-state index contributed by atoms with van der Waals surface area (Å²) >= 11 is 14.9. The van der Waals surface area contributed by atoms with E-state index in [2.05, 4.69) is 32.5 Å². The van der Waals surface area contributed by atoms with E-state index in [1.54, 1.807) is 31.2 Å². The molecule has 0 saturated carbocycles. The van der Waals surface area contributed by atoms with E-state index in [0.717, 1.165) is 4.47 Å². The molecule has 0 aliphatic rings. The molecule has 2 rings (SSSR count). The van der Waals surface area contributed by atoms with Crippen molar-refractivity contribution in [2.75, 3.05) is 0 Å². The summed E-state index contributed by atoms with van der Waals surface area (Å²) < 4.78 is 29.2. The average Bonchev–Trinajstić information content (AvgIpc) is 2.51. The Labute approximate surface area is 156 Å². The highest BCUT2D eigenvalue weighted by atomic mass is 79.9. The number of hydrogen-bond acceptors (Lipinski definition) is 2. The van der Waals surface area contributed by atoms with Crippen LogP contribution in [0.25, 0.3) is 5.57 Å². The first-order valence-electron chi connectivity index (χ1n) is 6.71. The topological polar surface area (TPSA) is 21.6 Å². The van der Waals surface area contributed by atoms with E-state index in [1.165, 1.54) is 18.2 Å². The second-order valence-electron chi connectivity index (χ2n) is 4.93. The number of nitrogens with zero attached hydrogens (tertiary/aromatic N) is 1. The minimum absolute atomic E-state index is 0.0778. The van der Waals surface area contributed by atoms with Crippen molar-refractivity contribution in [2.45, 2.75) is 13.0 Å². The predicted octanol–water partition coefficient (Wildman–Crippen LogP) is 6.80. The van der Waals surface area contributed by atoms with E-state index in [-0.39, 0.29) is 15.6 Å². The summed E-state index contributed by atoms with van der Waals surface area (Å²) in [4.78, 5) is 4.43. The lowest BCUT2D eigenvalue weighted by Crippen LogP contribution is -2.20. The van der Waals surface area contributed by atoms with Crippen LogP contribution in [0.15, 0.2) is 58.7 Å². The van der Waals surface area contributed by atoms with Gasteiger partial charge < -0.3 is 4.84 Å². The molecule has 0 aliphatic carbocycles. The number of benzene rings is 2. The summed E-state index contributed by atoms with van der Waals surface area (Å²) in [6, 6.07) is 11.1. The normalized spacial score (nSPS) is 12.2. The van der Waals surface area contributed by atoms with E-state index in [1.807, 2.05) is 0 Å². The van der Waals surface area contributed by atoms with Gasteiger partial charge in [-0.05, 0) is 48.4 Å². The highest BCUT2D eigenvalue weighted by Gasteiger charge is 2.37. The minimum Gasteiger partial charge on any atom is -0.318 e. The fourth-order valence-electron chi connectivity index (χ4n) is 1.82. The lowest BCUT2D eigenvalue weighted by molar-refractivity contribution is -0.191. The highest BCUT2D eigenvalue weighted by molar-refractivity contribution is 9.10. The monoisotopic (exact) mass is 433 g/mol. The molecule has 0 bridgehead atoms. The molecule has 0 N–H and O–H groups in total. The number of oxime groups is 1. The minimum atomic E-state index is -3.70. The quantitative estimate of drug-likeness (QED) is 0.374. The van der Waals surface area contributed by atoms with E-state index in [4.69, 9.17) is 23.2 Å². The molecule has 0 heterocycles. The van der Waals surface area contributed by atoms with Crippen LogP contribution in [-0.2, 0) is 4.84 Å². The van der Waals surface area contributed by atoms with Crippen molar-refractivity contribution in [2.24, 2.45) is 5.16 Å². The summed E-state index contributed by atoms with van der Waals surface area (Å²) in [5.74, 6) is 0. The van der Waals surface area contributed by atoms with Crippen LogP contribution in [-0.4, -0.2) is 11.8 Å². The zero-order chi connectivity index (χ0) is 17.9. The van der Waals surface area contributed by atoms with Crippen LogP contribution in [0, 0.1) is 0 Å². The highest BCUT2D eigenvalue weighted by Crippen LogP contribution is 2.35. The van der Waals surface area contributed by atoms with Gasteiger partial charge in [0.05, 0.1) is 11.3 Å². The van der Waals surface area contributed by atoms with Crippen molar-refractivity contribution < 1.29 is 13.6 Å². The van der Waals surface area contributed by atoms with Crippen molar-refractivity contribution in [3.8, 4) is 0 Å². The van der Waals surface area contributed by atoms with Crippen molar-refractivity contribution in [3.63, 3.8) is 0 Å². The molecule has 24 heavy (non-hydrogen) atoms. The second-order valence-corrected chi connectivity index (χ2v) is 6.72. The van der Waals surface area contributed by atoms with Crippen molar-refractivity contribution in [1.82, 2.24) is 0 Å². The number of hydrogen-bond donors (Lipinski definition) is 0. The van der Waals surface area contributed by atoms with Gasteiger partial charge in [0.1, 0.15) is 0 Å². The van der Waals surface area contributed by atoms with Crippen LogP contribution in [0.1, 0.15) is 18.1 Å². The molecular weight excluding hydrogens is 423 g/mol. The van der Waals surface area contributed by atoms with Gasteiger partial charge in [0.2, 0.25) is 0 Å². The lowest BCUT2D eigenvalue weighted by Gasteiger charge is -2.17. The van der Waals surface area contributed by atoms with Crippen LogP contribution in [0.3, 0.4) is 0 Å². The maximum absolute atomic E-state index is 14.2. The van der Waals surface area contributed by atoms with Crippen molar-refractivity contribution in [1.29, 1.82) is 0 Å².